The molecule has 0 saturated heterocycles. The fraction of sp³-hybridized carbons (Fsp3) is 0.182. The number of Topliss-reactive ketones (excluding diaryl/α,β-unsaturated/α-hetero) is 1. The van der Waals surface area contributed by atoms with E-state index in [9.17, 15) is 4.79 Å². The molecule has 76 valence electrons. The summed E-state index contributed by atoms with van der Waals surface area (Å²) in [5.74, 6) is 0.0773. The zero-order valence-corrected chi connectivity index (χ0v) is 9.12. The summed E-state index contributed by atoms with van der Waals surface area (Å²) in [6, 6.07) is 5.65. The maximum absolute atomic E-state index is 11.4. The Morgan fingerprint density at radius 3 is 3.00 bits per heavy atom. The molecule has 0 atom stereocenters. The van der Waals surface area contributed by atoms with Crippen LogP contribution < -0.4 is 0 Å². The molecule has 0 N–H and O–H groups in total. The van der Waals surface area contributed by atoms with Gasteiger partial charge in [-0.05, 0) is 12.1 Å². The molecule has 4 heteroatoms. The molecule has 0 amide bonds. The second-order valence-corrected chi connectivity index (χ2v) is 3.89. The number of carbonyl (C=O) groups is 1. The van der Waals surface area contributed by atoms with Crippen LogP contribution in [0.2, 0.25) is 0 Å². The molecule has 2 rings (SSSR count). The number of carbonyl (C=O) groups excluding carboxylic acids is 1. The number of nitrogens with zero attached hydrogens (tertiary/aromatic N) is 2. The van der Waals surface area contributed by atoms with Gasteiger partial charge in [0.25, 0.3) is 0 Å². The third-order valence-electron chi connectivity index (χ3n) is 1.99. The first kappa shape index (κ1) is 9.98. The molecule has 0 aromatic carbocycles. The average Bonchev–Trinajstić information content (AvgIpc) is 2.78. The van der Waals surface area contributed by atoms with Gasteiger partial charge in [-0.3, -0.25) is 9.78 Å². The highest BCUT2D eigenvalue weighted by Crippen LogP contribution is 2.21. The predicted octanol–water partition coefficient (Wildman–Crippen LogP) is 2.80. The van der Waals surface area contributed by atoms with E-state index in [2.05, 4.69) is 9.97 Å². The Morgan fingerprint density at radius 2 is 2.33 bits per heavy atom. The lowest BCUT2D eigenvalue weighted by Gasteiger charge is -1.92. The first-order valence-corrected chi connectivity index (χ1v) is 5.59. The number of ketones is 1. The largest absolute Gasteiger partial charge is 0.292 e. The summed E-state index contributed by atoms with van der Waals surface area (Å²) in [5, 5.41) is 2.59. The predicted molar refractivity (Wildman–Crippen MR) is 60.0 cm³/mol. The second-order valence-electron chi connectivity index (χ2n) is 3.03. The van der Waals surface area contributed by atoms with Crippen molar-refractivity contribution in [3.63, 3.8) is 0 Å². The van der Waals surface area contributed by atoms with E-state index in [1.165, 1.54) is 11.3 Å². The first-order valence-electron chi connectivity index (χ1n) is 4.71. The van der Waals surface area contributed by atoms with Crippen molar-refractivity contribution in [3.05, 3.63) is 35.5 Å². The Morgan fingerprint density at radius 1 is 1.47 bits per heavy atom. The van der Waals surface area contributed by atoms with E-state index in [-0.39, 0.29) is 5.78 Å². The zero-order valence-electron chi connectivity index (χ0n) is 8.30. The van der Waals surface area contributed by atoms with Gasteiger partial charge in [-0.2, -0.15) is 0 Å². The van der Waals surface area contributed by atoms with Crippen molar-refractivity contribution in [1.82, 2.24) is 9.97 Å². The molecule has 0 aliphatic carbocycles. The summed E-state index contributed by atoms with van der Waals surface area (Å²) >= 11 is 1.45. The van der Waals surface area contributed by atoms with Crippen LogP contribution in [0.25, 0.3) is 10.7 Å². The SMILES string of the molecule is CCC(=O)c1csc(-c2ccccn2)n1. The third kappa shape index (κ3) is 2.10. The number of aromatic nitrogens is 2. The van der Waals surface area contributed by atoms with Gasteiger partial charge >= 0.3 is 0 Å². The number of hydrogen-bond donors (Lipinski definition) is 0. The molecule has 0 fully saturated rings. The number of pyridine rings is 1. The highest BCUT2D eigenvalue weighted by Gasteiger charge is 2.09. The third-order valence-corrected chi connectivity index (χ3v) is 2.86. The molecule has 2 aromatic rings. The van der Waals surface area contributed by atoms with Crippen molar-refractivity contribution in [1.29, 1.82) is 0 Å². The fourth-order valence-electron chi connectivity index (χ4n) is 1.19. The monoisotopic (exact) mass is 218 g/mol. The number of thiazole rings is 1. The van der Waals surface area contributed by atoms with E-state index >= 15 is 0 Å². The summed E-state index contributed by atoms with van der Waals surface area (Å²) in [5.41, 5.74) is 1.36. The molecule has 15 heavy (non-hydrogen) atoms. The van der Waals surface area contributed by atoms with Gasteiger partial charge < -0.3 is 0 Å². The normalized spacial score (nSPS) is 10.2. The first-order chi connectivity index (χ1) is 7.31. The van der Waals surface area contributed by atoms with E-state index in [1.54, 1.807) is 11.6 Å². The molecule has 0 aliphatic rings. The summed E-state index contributed by atoms with van der Waals surface area (Å²) in [6.45, 7) is 1.84. The Bertz CT molecular complexity index is 464. The summed E-state index contributed by atoms with van der Waals surface area (Å²) in [7, 11) is 0. The molecular weight excluding hydrogens is 208 g/mol. The maximum Gasteiger partial charge on any atom is 0.181 e. The van der Waals surface area contributed by atoms with Crippen molar-refractivity contribution >= 4 is 17.1 Å². The Balaban J connectivity index is 2.32. The molecule has 0 unspecified atom stereocenters. The van der Waals surface area contributed by atoms with Gasteiger partial charge in [0.05, 0.1) is 5.69 Å². The van der Waals surface area contributed by atoms with Crippen molar-refractivity contribution in [2.75, 3.05) is 0 Å². The zero-order chi connectivity index (χ0) is 10.7. The van der Waals surface area contributed by atoms with Crippen LogP contribution >= 0.6 is 11.3 Å². The topological polar surface area (TPSA) is 42.9 Å². The Kier molecular flexibility index (Phi) is 2.87. The summed E-state index contributed by atoms with van der Waals surface area (Å²) < 4.78 is 0. The quantitative estimate of drug-likeness (QED) is 0.744. The molecular formula is C11H10N2OS. The lowest BCUT2D eigenvalue weighted by atomic mass is 10.2. The lowest BCUT2D eigenvalue weighted by Crippen LogP contribution is -1.96. The second kappa shape index (κ2) is 4.31. The van der Waals surface area contributed by atoms with Gasteiger partial charge in [0.15, 0.2) is 5.78 Å². The molecule has 0 aliphatic heterocycles. The van der Waals surface area contributed by atoms with Crippen LogP contribution in [0, 0.1) is 0 Å². The number of rotatable bonds is 3. The number of hydrogen-bond acceptors (Lipinski definition) is 4. The Hall–Kier alpha value is -1.55. The van der Waals surface area contributed by atoms with E-state index in [0.29, 0.717) is 12.1 Å². The van der Waals surface area contributed by atoms with Gasteiger partial charge in [0, 0.05) is 18.0 Å². The average molecular weight is 218 g/mol. The van der Waals surface area contributed by atoms with Crippen molar-refractivity contribution in [2.45, 2.75) is 13.3 Å². The summed E-state index contributed by atoms with van der Waals surface area (Å²) in [6.07, 6.45) is 2.21. The molecule has 0 saturated carbocycles. The minimum Gasteiger partial charge on any atom is -0.292 e. The van der Waals surface area contributed by atoms with Crippen LogP contribution in [0.15, 0.2) is 29.8 Å². The molecule has 0 spiro atoms. The Labute approximate surface area is 91.8 Å². The van der Waals surface area contributed by atoms with Crippen LogP contribution in [0.1, 0.15) is 23.8 Å². The molecule has 0 radical (unpaired) electrons. The van der Waals surface area contributed by atoms with E-state index < -0.39 is 0 Å². The van der Waals surface area contributed by atoms with Crippen molar-refractivity contribution in [3.8, 4) is 10.7 Å². The highest BCUT2D eigenvalue weighted by molar-refractivity contribution is 7.13. The van der Waals surface area contributed by atoms with Gasteiger partial charge in [-0.15, -0.1) is 11.3 Å². The highest BCUT2D eigenvalue weighted by atomic mass is 32.1. The van der Waals surface area contributed by atoms with Crippen LogP contribution in [0.5, 0.6) is 0 Å². The minimum absolute atomic E-state index is 0.0773. The van der Waals surface area contributed by atoms with E-state index in [4.69, 9.17) is 0 Å². The van der Waals surface area contributed by atoms with Gasteiger partial charge in [-0.1, -0.05) is 13.0 Å². The maximum atomic E-state index is 11.4. The van der Waals surface area contributed by atoms with E-state index in [1.807, 2.05) is 25.1 Å². The molecule has 0 bridgehead atoms. The summed E-state index contributed by atoms with van der Waals surface area (Å²) in [4.78, 5) is 19.8. The minimum atomic E-state index is 0.0773. The van der Waals surface area contributed by atoms with Crippen LogP contribution in [-0.2, 0) is 0 Å². The molecule has 3 nitrogen and oxygen atoms in total. The van der Waals surface area contributed by atoms with Crippen molar-refractivity contribution < 1.29 is 4.79 Å². The standard InChI is InChI=1S/C11H10N2OS/c1-2-10(14)9-7-15-11(13-9)8-5-3-4-6-12-8/h3-7H,2H2,1H3. The van der Waals surface area contributed by atoms with Crippen LogP contribution in [0.3, 0.4) is 0 Å². The van der Waals surface area contributed by atoms with Crippen LogP contribution in [-0.4, -0.2) is 15.8 Å². The van der Waals surface area contributed by atoms with E-state index in [0.717, 1.165) is 10.7 Å². The van der Waals surface area contributed by atoms with Crippen molar-refractivity contribution in [2.24, 2.45) is 0 Å². The fourth-order valence-corrected chi connectivity index (χ4v) is 1.99. The molecule has 2 aromatic heterocycles. The molecule has 2 heterocycles. The van der Waals surface area contributed by atoms with Gasteiger partial charge in [0.2, 0.25) is 0 Å². The van der Waals surface area contributed by atoms with Gasteiger partial charge in [-0.25, -0.2) is 4.98 Å². The van der Waals surface area contributed by atoms with Crippen LogP contribution in [0.4, 0.5) is 0 Å². The van der Waals surface area contributed by atoms with Gasteiger partial charge in [0.1, 0.15) is 10.7 Å². The lowest BCUT2D eigenvalue weighted by molar-refractivity contribution is 0.0984. The smallest absolute Gasteiger partial charge is 0.181 e.